The lowest BCUT2D eigenvalue weighted by Crippen LogP contribution is -2.25. The van der Waals surface area contributed by atoms with Crippen LogP contribution in [0, 0.1) is 11.6 Å². The standard InChI is InChI=1S/C15H10F2NO2/c16-11-1-5-13(6-2-11)18(15(20)9-10-19)14-7-3-12(17)4-8-14/h1-8H,9H2. The predicted molar refractivity (Wildman–Crippen MR) is 70.3 cm³/mol. The van der Waals surface area contributed by atoms with Crippen LogP contribution in [0.15, 0.2) is 48.5 Å². The average Bonchev–Trinajstić information content (AvgIpc) is 2.44. The van der Waals surface area contributed by atoms with E-state index in [0.29, 0.717) is 11.4 Å². The van der Waals surface area contributed by atoms with Gasteiger partial charge in [0.25, 0.3) is 0 Å². The first-order chi connectivity index (χ1) is 9.61. The maximum atomic E-state index is 12.9. The molecule has 0 atom stereocenters. The van der Waals surface area contributed by atoms with Crippen LogP contribution in [0.25, 0.3) is 0 Å². The van der Waals surface area contributed by atoms with Gasteiger partial charge < -0.3 is 0 Å². The molecule has 1 amide bonds. The number of hydrogen-bond acceptors (Lipinski definition) is 2. The van der Waals surface area contributed by atoms with E-state index < -0.39 is 24.0 Å². The third-order valence-corrected chi connectivity index (χ3v) is 2.64. The van der Waals surface area contributed by atoms with Gasteiger partial charge in [0, 0.05) is 11.4 Å². The molecule has 0 aromatic heterocycles. The smallest absolute Gasteiger partial charge is 0.239 e. The predicted octanol–water partition coefficient (Wildman–Crippen LogP) is 3.13. The van der Waals surface area contributed by atoms with E-state index in [2.05, 4.69) is 0 Å². The molecule has 0 heterocycles. The topological polar surface area (TPSA) is 37.4 Å². The summed E-state index contributed by atoms with van der Waals surface area (Å²) in [6.45, 7) is 0. The fourth-order valence-electron chi connectivity index (χ4n) is 1.76. The summed E-state index contributed by atoms with van der Waals surface area (Å²) in [6.07, 6.45) is 1.09. The van der Waals surface area contributed by atoms with Crippen LogP contribution in [0.1, 0.15) is 6.42 Å². The third kappa shape index (κ3) is 3.06. The molecule has 0 N–H and O–H groups in total. The second-order valence-corrected chi connectivity index (χ2v) is 4.00. The molecule has 0 fully saturated rings. The van der Waals surface area contributed by atoms with Crippen LogP contribution in [0.2, 0.25) is 0 Å². The van der Waals surface area contributed by atoms with Gasteiger partial charge in [-0.25, -0.2) is 8.78 Å². The van der Waals surface area contributed by atoms with Gasteiger partial charge in [-0.1, -0.05) is 0 Å². The molecule has 20 heavy (non-hydrogen) atoms. The molecule has 0 spiro atoms. The number of benzene rings is 2. The van der Waals surface area contributed by atoms with E-state index in [0.717, 1.165) is 0 Å². The summed E-state index contributed by atoms with van der Waals surface area (Å²) >= 11 is 0. The van der Waals surface area contributed by atoms with Crippen LogP contribution in [0.3, 0.4) is 0 Å². The fourth-order valence-corrected chi connectivity index (χ4v) is 1.76. The summed E-state index contributed by atoms with van der Waals surface area (Å²) in [5, 5.41) is 0. The molecule has 3 nitrogen and oxygen atoms in total. The number of rotatable bonds is 4. The Balaban J connectivity index is 2.43. The second kappa shape index (κ2) is 6.06. The summed E-state index contributed by atoms with van der Waals surface area (Å²) in [5.74, 6) is -1.41. The van der Waals surface area contributed by atoms with Crippen molar-refractivity contribution in [2.45, 2.75) is 6.42 Å². The highest BCUT2D eigenvalue weighted by atomic mass is 19.1. The monoisotopic (exact) mass is 274 g/mol. The number of anilines is 2. The van der Waals surface area contributed by atoms with E-state index in [1.807, 2.05) is 0 Å². The van der Waals surface area contributed by atoms with Crippen LogP contribution < -0.4 is 4.90 Å². The first-order valence-electron chi connectivity index (χ1n) is 5.81. The molecule has 5 heteroatoms. The average molecular weight is 274 g/mol. The Morgan fingerprint density at radius 2 is 1.30 bits per heavy atom. The molecule has 0 aliphatic carbocycles. The number of nitrogens with zero attached hydrogens (tertiary/aromatic N) is 1. The summed E-state index contributed by atoms with van der Waals surface area (Å²) in [5.41, 5.74) is 0.775. The van der Waals surface area contributed by atoms with Gasteiger partial charge in [-0.2, -0.15) is 0 Å². The fraction of sp³-hybridized carbons (Fsp3) is 0.0667. The van der Waals surface area contributed by atoms with Crippen molar-refractivity contribution in [3.8, 4) is 0 Å². The number of amides is 1. The van der Waals surface area contributed by atoms with Crippen LogP contribution in [-0.2, 0) is 9.59 Å². The van der Waals surface area contributed by atoms with E-state index >= 15 is 0 Å². The summed E-state index contributed by atoms with van der Waals surface area (Å²) in [6, 6.07) is 10.4. The zero-order valence-corrected chi connectivity index (χ0v) is 10.3. The van der Waals surface area contributed by atoms with Crippen LogP contribution in [-0.4, -0.2) is 12.2 Å². The minimum absolute atomic E-state index is 0.387. The lowest BCUT2D eigenvalue weighted by molar-refractivity contribution is -0.116. The molecule has 0 saturated carbocycles. The van der Waals surface area contributed by atoms with Crippen LogP contribution in [0.5, 0.6) is 0 Å². The molecule has 2 aromatic rings. The van der Waals surface area contributed by atoms with Crippen molar-refractivity contribution < 1.29 is 18.4 Å². The van der Waals surface area contributed by atoms with Crippen molar-refractivity contribution in [2.24, 2.45) is 0 Å². The van der Waals surface area contributed by atoms with Crippen LogP contribution in [0.4, 0.5) is 20.2 Å². The highest BCUT2D eigenvalue weighted by Gasteiger charge is 2.17. The van der Waals surface area contributed by atoms with E-state index in [9.17, 15) is 18.4 Å². The molecule has 0 aliphatic rings. The Morgan fingerprint density at radius 1 is 0.900 bits per heavy atom. The van der Waals surface area contributed by atoms with E-state index in [1.54, 1.807) is 0 Å². The van der Waals surface area contributed by atoms with Gasteiger partial charge in [0.2, 0.25) is 12.2 Å². The number of carbonyl (C=O) groups excluding carboxylic acids is 2. The third-order valence-electron chi connectivity index (χ3n) is 2.64. The van der Waals surface area contributed by atoms with E-state index in [4.69, 9.17) is 0 Å². The summed E-state index contributed by atoms with van der Waals surface area (Å²) in [4.78, 5) is 23.6. The van der Waals surface area contributed by atoms with E-state index in [-0.39, 0.29) is 0 Å². The quantitative estimate of drug-likeness (QED) is 0.803. The minimum atomic E-state index is -0.529. The van der Waals surface area contributed by atoms with Crippen molar-refractivity contribution in [2.75, 3.05) is 4.90 Å². The van der Waals surface area contributed by atoms with Crippen LogP contribution >= 0.6 is 0 Å². The number of carbonyl (C=O) groups is 1. The lowest BCUT2D eigenvalue weighted by atomic mass is 10.2. The zero-order chi connectivity index (χ0) is 14.5. The second-order valence-electron chi connectivity index (χ2n) is 4.00. The summed E-state index contributed by atoms with van der Waals surface area (Å²) in [7, 11) is 0. The van der Waals surface area contributed by atoms with Crippen molar-refractivity contribution in [3.05, 3.63) is 60.2 Å². The van der Waals surface area contributed by atoms with Gasteiger partial charge in [-0.15, -0.1) is 0 Å². The van der Waals surface area contributed by atoms with Gasteiger partial charge >= 0.3 is 0 Å². The van der Waals surface area contributed by atoms with Crippen molar-refractivity contribution >= 4 is 23.6 Å². The molecular formula is C15H10F2NO2. The molecule has 2 aromatic carbocycles. The Hall–Kier alpha value is -2.56. The lowest BCUT2D eigenvalue weighted by Gasteiger charge is -2.22. The first kappa shape index (κ1) is 13.9. The van der Waals surface area contributed by atoms with Crippen molar-refractivity contribution in [1.29, 1.82) is 0 Å². The van der Waals surface area contributed by atoms with Gasteiger partial charge in [-0.3, -0.25) is 14.5 Å². The molecule has 0 unspecified atom stereocenters. The molecule has 2 rings (SSSR count). The highest BCUT2D eigenvalue weighted by Crippen LogP contribution is 2.26. The Labute approximate surface area is 114 Å². The van der Waals surface area contributed by atoms with Crippen molar-refractivity contribution in [1.82, 2.24) is 0 Å². The SMILES string of the molecule is O=[C]CC(=O)N(c1ccc(F)cc1)c1ccc(F)cc1. The number of halogens is 2. The first-order valence-corrected chi connectivity index (χ1v) is 5.81. The Morgan fingerprint density at radius 3 is 1.65 bits per heavy atom. The molecule has 0 bridgehead atoms. The number of hydrogen-bond donors (Lipinski definition) is 0. The van der Waals surface area contributed by atoms with Crippen molar-refractivity contribution in [3.63, 3.8) is 0 Å². The minimum Gasteiger partial charge on any atom is -0.290 e. The van der Waals surface area contributed by atoms with E-state index in [1.165, 1.54) is 59.7 Å². The molecule has 0 saturated heterocycles. The van der Waals surface area contributed by atoms with Gasteiger partial charge in [0.15, 0.2) is 0 Å². The molecule has 0 aliphatic heterocycles. The molecule has 101 valence electrons. The molecular weight excluding hydrogens is 264 g/mol. The van der Waals surface area contributed by atoms with Gasteiger partial charge in [-0.05, 0) is 48.5 Å². The normalized spacial score (nSPS) is 10.1. The highest BCUT2D eigenvalue weighted by molar-refractivity contribution is 6.05. The Kier molecular flexibility index (Phi) is 4.20. The maximum absolute atomic E-state index is 12.9. The zero-order valence-electron chi connectivity index (χ0n) is 10.3. The van der Waals surface area contributed by atoms with Gasteiger partial charge in [0.05, 0.1) is 6.42 Å². The Bertz CT molecular complexity index is 563. The largest absolute Gasteiger partial charge is 0.290 e. The summed E-state index contributed by atoms with van der Waals surface area (Å²) < 4.78 is 25.9. The maximum Gasteiger partial charge on any atom is 0.239 e. The van der Waals surface area contributed by atoms with Gasteiger partial charge in [0.1, 0.15) is 11.6 Å². The molecule has 1 radical (unpaired) electrons.